The summed E-state index contributed by atoms with van der Waals surface area (Å²) in [6, 6.07) is -3.55. The summed E-state index contributed by atoms with van der Waals surface area (Å²) in [6.45, 7) is 20.2. The van der Waals surface area contributed by atoms with Gasteiger partial charge in [0.05, 0.1) is 12.6 Å². The van der Waals surface area contributed by atoms with E-state index in [4.69, 9.17) is 10.5 Å². The van der Waals surface area contributed by atoms with Crippen LogP contribution in [0.3, 0.4) is 0 Å². The number of nitrogens with two attached hydrogens (primary N) is 1. The van der Waals surface area contributed by atoms with Gasteiger partial charge in [-0.1, -0.05) is 108 Å². The number of Topliss-reactive ketones (excluding diaryl/α,β-unsaturated/α-hetero) is 1. The van der Waals surface area contributed by atoms with Crippen LogP contribution in [-0.4, -0.2) is 78.2 Å². The highest BCUT2D eigenvalue weighted by Gasteiger charge is 2.43. The molecule has 1 aliphatic heterocycles. The fourth-order valence-corrected chi connectivity index (χ4v) is 4.97. The Hall–Kier alpha value is -3.18. The average molecular weight is 696 g/mol. The van der Waals surface area contributed by atoms with E-state index in [2.05, 4.69) is 36.7 Å². The molecule has 3 saturated carbocycles. The van der Waals surface area contributed by atoms with Gasteiger partial charge in [-0.15, -0.1) is 0 Å². The SMILES string of the molecule is CC.CC.CC(C)(C)C(NC(=O)NCC(=O)OCC1CC1)C(=O)N1CCCC1C(=O)NC(CC1CC1)C(=O)C(N)=O.CC1CCC1.CCC. The fraction of sp³-hybridized carbons (Fsp3) is 0.838. The molecule has 3 aliphatic carbocycles. The van der Waals surface area contributed by atoms with Gasteiger partial charge in [0.25, 0.3) is 5.91 Å². The minimum Gasteiger partial charge on any atom is -0.464 e. The summed E-state index contributed by atoms with van der Waals surface area (Å²) in [7, 11) is 0. The van der Waals surface area contributed by atoms with Crippen LogP contribution < -0.4 is 21.7 Å². The number of hydrogen-bond acceptors (Lipinski definition) is 7. The van der Waals surface area contributed by atoms with Crippen molar-refractivity contribution in [3.63, 3.8) is 0 Å². The number of amides is 5. The van der Waals surface area contributed by atoms with E-state index in [1.54, 1.807) is 20.8 Å². The zero-order valence-corrected chi connectivity index (χ0v) is 32.2. The van der Waals surface area contributed by atoms with E-state index in [9.17, 15) is 28.8 Å². The van der Waals surface area contributed by atoms with Crippen molar-refractivity contribution in [1.82, 2.24) is 20.9 Å². The van der Waals surface area contributed by atoms with Crippen LogP contribution in [0.2, 0.25) is 0 Å². The number of esters is 1. The van der Waals surface area contributed by atoms with Crippen molar-refractivity contribution in [2.75, 3.05) is 19.7 Å². The predicted molar refractivity (Wildman–Crippen MR) is 193 cm³/mol. The Bertz CT molecular complexity index is 1030. The molecule has 49 heavy (non-hydrogen) atoms. The van der Waals surface area contributed by atoms with Crippen LogP contribution >= 0.6 is 0 Å². The number of hydrogen-bond donors (Lipinski definition) is 4. The van der Waals surface area contributed by atoms with E-state index in [0.29, 0.717) is 38.3 Å². The Morgan fingerprint density at radius 2 is 1.37 bits per heavy atom. The zero-order chi connectivity index (χ0) is 37.7. The third kappa shape index (κ3) is 18.4. The Morgan fingerprint density at radius 1 is 0.837 bits per heavy atom. The monoisotopic (exact) mass is 696 g/mol. The predicted octanol–water partition coefficient (Wildman–Crippen LogP) is 5.26. The number of primary amides is 1. The number of nitrogens with one attached hydrogen (secondary N) is 3. The highest BCUT2D eigenvalue weighted by Crippen LogP contribution is 2.34. The Balaban J connectivity index is 0.00000166. The van der Waals surface area contributed by atoms with E-state index in [-0.39, 0.29) is 12.5 Å². The molecule has 4 fully saturated rings. The lowest BCUT2D eigenvalue weighted by molar-refractivity contribution is -0.143. The number of ether oxygens (including phenoxy) is 1. The number of ketones is 1. The molecule has 284 valence electrons. The number of rotatable bonds is 12. The second-order valence-electron chi connectivity index (χ2n) is 14.2. The maximum absolute atomic E-state index is 13.6. The Kier molecular flexibility index (Phi) is 22.5. The summed E-state index contributed by atoms with van der Waals surface area (Å²) in [5.74, 6) is -1.75. The molecule has 4 aliphatic rings. The first-order chi connectivity index (χ1) is 23.2. The molecule has 12 heteroatoms. The van der Waals surface area contributed by atoms with Gasteiger partial charge in [0, 0.05) is 6.54 Å². The van der Waals surface area contributed by atoms with Crippen molar-refractivity contribution in [1.29, 1.82) is 0 Å². The lowest BCUT2D eigenvalue weighted by atomic mass is 9.85. The topological polar surface area (TPSA) is 177 Å². The van der Waals surface area contributed by atoms with Crippen LogP contribution in [0.25, 0.3) is 0 Å². The molecular formula is C37H69N5O7. The summed E-state index contributed by atoms with van der Waals surface area (Å²) in [6.07, 6.45) is 10.9. The van der Waals surface area contributed by atoms with E-state index < -0.39 is 59.0 Å². The van der Waals surface area contributed by atoms with E-state index >= 15 is 0 Å². The Labute approximate surface area is 296 Å². The van der Waals surface area contributed by atoms with Crippen LogP contribution in [-0.2, 0) is 28.7 Å². The number of carbonyl (C=O) groups is 6. The van der Waals surface area contributed by atoms with Gasteiger partial charge < -0.3 is 31.3 Å². The van der Waals surface area contributed by atoms with Crippen molar-refractivity contribution in [3.8, 4) is 0 Å². The van der Waals surface area contributed by atoms with Gasteiger partial charge in [-0.25, -0.2) is 4.79 Å². The largest absolute Gasteiger partial charge is 0.464 e. The quantitative estimate of drug-likeness (QED) is 0.159. The smallest absolute Gasteiger partial charge is 0.325 e. The van der Waals surface area contributed by atoms with Gasteiger partial charge in [-0.3, -0.25) is 24.0 Å². The van der Waals surface area contributed by atoms with Gasteiger partial charge in [0.15, 0.2) is 0 Å². The maximum Gasteiger partial charge on any atom is 0.325 e. The number of carbonyl (C=O) groups excluding carboxylic acids is 6. The molecule has 0 bridgehead atoms. The first-order valence-electron chi connectivity index (χ1n) is 18.8. The van der Waals surface area contributed by atoms with Crippen molar-refractivity contribution >= 4 is 35.5 Å². The highest BCUT2D eigenvalue weighted by atomic mass is 16.5. The first-order valence-corrected chi connectivity index (χ1v) is 18.8. The van der Waals surface area contributed by atoms with Crippen molar-refractivity contribution in [2.24, 2.45) is 28.9 Å². The third-order valence-electron chi connectivity index (χ3n) is 8.33. The van der Waals surface area contributed by atoms with Crippen LogP contribution in [0, 0.1) is 23.2 Å². The van der Waals surface area contributed by atoms with Gasteiger partial charge in [-0.05, 0) is 55.3 Å². The highest BCUT2D eigenvalue weighted by molar-refractivity contribution is 6.37. The summed E-state index contributed by atoms with van der Waals surface area (Å²) < 4.78 is 5.09. The summed E-state index contributed by atoms with van der Waals surface area (Å²) in [5, 5.41) is 7.70. The molecule has 0 aromatic carbocycles. The summed E-state index contributed by atoms with van der Waals surface area (Å²) in [5.41, 5.74) is 4.46. The Morgan fingerprint density at radius 3 is 1.80 bits per heavy atom. The fourth-order valence-electron chi connectivity index (χ4n) is 4.97. The van der Waals surface area contributed by atoms with E-state index in [1.165, 1.54) is 30.6 Å². The third-order valence-corrected chi connectivity index (χ3v) is 8.33. The van der Waals surface area contributed by atoms with Crippen LogP contribution in [0.5, 0.6) is 0 Å². The van der Waals surface area contributed by atoms with Crippen molar-refractivity contribution in [2.45, 2.75) is 158 Å². The minimum absolute atomic E-state index is 0.258. The zero-order valence-electron chi connectivity index (χ0n) is 32.2. The molecule has 4 rings (SSSR count). The average Bonchev–Trinajstić information content (AvgIpc) is 4.00. The number of nitrogens with zero attached hydrogens (tertiary/aromatic N) is 1. The maximum atomic E-state index is 13.6. The minimum atomic E-state index is -1.11. The van der Waals surface area contributed by atoms with Crippen LogP contribution in [0.4, 0.5) is 4.79 Å². The molecule has 5 N–H and O–H groups in total. The second kappa shape index (κ2) is 24.1. The van der Waals surface area contributed by atoms with Gasteiger partial charge in [0.2, 0.25) is 17.6 Å². The van der Waals surface area contributed by atoms with Gasteiger partial charge in [-0.2, -0.15) is 0 Å². The lowest BCUT2D eigenvalue weighted by Gasteiger charge is -2.35. The molecule has 1 heterocycles. The molecule has 3 atom stereocenters. The molecule has 1 saturated heterocycles. The molecule has 0 aromatic rings. The van der Waals surface area contributed by atoms with E-state index in [0.717, 1.165) is 31.6 Å². The second-order valence-corrected chi connectivity index (χ2v) is 14.2. The van der Waals surface area contributed by atoms with Crippen molar-refractivity contribution < 1.29 is 33.5 Å². The van der Waals surface area contributed by atoms with Gasteiger partial charge in [0.1, 0.15) is 18.6 Å². The van der Waals surface area contributed by atoms with Crippen LogP contribution in [0.1, 0.15) is 140 Å². The standard InChI is InChI=1S/C25H39N5O7.C5H10.C3H8.2C2H6/c1-25(2,3)20(29-24(36)27-12-18(31)37-13-15-8-9-15)23(35)30-10-4-5-17(30)22(34)28-16(11-14-6-7-14)19(32)21(26)33;1-5-3-2-4-5;1-3-2;2*1-2/h14-17,20H,4-13H2,1-3H3,(H2,26,33)(H,28,34)(H2,27,29,36);5H,2-4H2,1H3;3H2,1-2H3;2*1-2H3. The summed E-state index contributed by atoms with van der Waals surface area (Å²) >= 11 is 0. The van der Waals surface area contributed by atoms with E-state index in [1.807, 2.05) is 27.7 Å². The number of urea groups is 1. The number of likely N-dealkylation sites (tertiary alicyclic amines) is 1. The molecule has 3 unspecified atom stereocenters. The molecule has 5 amide bonds. The van der Waals surface area contributed by atoms with Gasteiger partial charge >= 0.3 is 12.0 Å². The lowest BCUT2D eigenvalue weighted by Crippen LogP contribution is -2.60. The first kappa shape index (κ1) is 45.8. The van der Waals surface area contributed by atoms with Crippen molar-refractivity contribution in [3.05, 3.63) is 0 Å². The molecule has 12 nitrogen and oxygen atoms in total. The molecule has 0 radical (unpaired) electrons. The normalized spacial score (nSPS) is 19.1. The molecule has 0 aromatic heterocycles. The van der Waals surface area contributed by atoms with Crippen LogP contribution in [0.15, 0.2) is 0 Å². The molecular weight excluding hydrogens is 626 g/mol. The molecule has 0 spiro atoms. The summed E-state index contributed by atoms with van der Waals surface area (Å²) in [4.78, 5) is 76.2.